The van der Waals surface area contributed by atoms with Crippen LogP contribution in [0.4, 0.5) is 19.0 Å². The van der Waals surface area contributed by atoms with E-state index in [4.69, 9.17) is 4.74 Å². The Morgan fingerprint density at radius 3 is 2.89 bits per heavy atom. The smallest absolute Gasteiger partial charge is 0.451 e. The Balaban J connectivity index is 1.87. The number of nitrogens with one attached hydrogen (secondary N) is 1. The van der Waals surface area contributed by atoms with Crippen LogP contribution in [0.5, 0.6) is 0 Å². The second-order valence-corrected chi connectivity index (χ2v) is 7.05. The summed E-state index contributed by atoms with van der Waals surface area (Å²) in [6.45, 7) is 3.37. The molecule has 2 aliphatic heterocycles. The van der Waals surface area contributed by atoms with Crippen molar-refractivity contribution in [2.24, 2.45) is 0 Å². The van der Waals surface area contributed by atoms with Crippen molar-refractivity contribution in [2.75, 3.05) is 25.0 Å². The minimum absolute atomic E-state index is 0.0644. The molecule has 1 saturated heterocycles. The first-order chi connectivity index (χ1) is 13.4. The van der Waals surface area contributed by atoms with Crippen molar-refractivity contribution in [1.82, 2.24) is 14.9 Å². The van der Waals surface area contributed by atoms with E-state index >= 15 is 0 Å². The minimum Gasteiger partial charge on any atom is -0.496 e. The van der Waals surface area contributed by atoms with E-state index < -0.39 is 12.0 Å². The predicted molar refractivity (Wildman–Crippen MR) is 97.8 cm³/mol. The highest BCUT2D eigenvalue weighted by Crippen LogP contribution is 2.29. The van der Waals surface area contributed by atoms with Crippen molar-refractivity contribution < 1.29 is 22.7 Å². The highest BCUT2D eigenvalue weighted by Gasteiger charge is 2.36. The Kier molecular flexibility index (Phi) is 6.41. The van der Waals surface area contributed by atoms with E-state index in [1.54, 1.807) is 4.90 Å². The molecule has 1 aromatic rings. The number of piperidine rings is 1. The van der Waals surface area contributed by atoms with Gasteiger partial charge in [-0.25, -0.2) is 9.97 Å². The zero-order valence-corrected chi connectivity index (χ0v) is 15.9. The third-order valence-corrected chi connectivity index (χ3v) is 4.99. The first-order valence-electron chi connectivity index (χ1n) is 9.71. The SMILES string of the molecule is CCCC1CCCCN1C(=O)c1cnc(C(F)(F)F)nc1NCC1=CCCO1. The summed E-state index contributed by atoms with van der Waals surface area (Å²) in [6, 6.07) is 0.0993. The van der Waals surface area contributed by atoms with Crippen LogP contribution in [0.15, 0.2) is 18.0 Å². The Labute approximate surface area is 162 Å². The number of rotatable bonds is 6. The Morgan fingerprint density at radius 1 is 1.39 bits per heavy atom. The number of nitrogens with zero attached hydrogens (tertiary/aromatic N) is 3. The van der Waals surface area contributed by atoms with Crippen molar-refractivity contribution in [3.63, 3.8) is 0 Å². The summed E-state index contributed by atoms with van der Waals surface area (Å²) >= 11 is 0. The van der Waals surface area contributed by atoms with Gasteiger partial charge in [0.2, 0.25) is 5.82 Å². The number of hydrogen-bond acceptors (Lipinski definition) is 5. The number of halogens is 3. The van der Waals surface area contributed by atoms with Crippen LogP contribution in [0.25, 0.3) is 0 Å². The number of anilines is 1. The zero-order chi connectivity index (χ0) is 20.1. The van der Waals surface area contributed by atoms with E-state index in [1.807, 2.05) is 6.08 Å². The third-order valence-electron chi connectivity index (χ3n) is 4.99. The van der Waals surface area contributed by atoms with E-state index in [0.717, 1.165) is 44.7 Å². The number of ether oxygens (including phenoxy) is 1. The summed E-state index contributed by atoms with van der Waals surface area (Å²) in [5.41, 5.74) is 0.0644. The second kappa shape index (κ2) is 8.79. The molecule has 6 nitrogen and oxygen atoms in total. The standard InChI is InChI=1S/C19H25F3N4O2/c1-2-6-13-7-3-4-9-26(13)17(27)15-12-24-18(19(20,21)22)25-16(15)23-11-14-8-5-10-28-14/h8,12-13H,2-7,9-11H2,1H3,(H,23,24,25). The van der Waals surface area contributed by atoms with Gasteiger partial charge in [-0.2, -0.15) is 13.2 Å². The fraction of sp³-hybridized carbons (Fsp3) is 0.632. The molecule has 1 N–H and O–H groups in total. The van der Waals surface area contributed by atoms with Crippen LogP contribution in [0, 0.1) is 0 Å². The third kappa shape index (κ3) is 4.74. The highest BCUT2D eigenvalue weighted by atomic mass is 19.4. The lowest BCUT2D eigenvalue weighted by atomic mass is 9.97. The van der Waals surface area contributed by atoms with Crippen LogP contribution >= 0.6 is 0 Å². The maximum Gasteiger partial charge on any atom is 0.451 e. The maximum atomic E-state index is 13.1. The predicted octanol–water partition coefficient (Wildman–Crippen LogP) is 4.01. The minimum atomic E-state index is -4.68. The van der Waals surface area contributed by atoms with E-state index in [9.17, 15) is 18.0 Å². The van der Waals surface area contributed by atoms with E-state index in [2.05, 4.69) is 22.2 Å². The highest BCUT2D eigenvalue weighted by molar-refractivity contribution is 5.98. The molecule has 0 bridgehead atoms. The number of carbonyl (C=O) groups excluding carboxylic acids is 1. The quantitative estimate of drug-likeness (QED) is 0.784. The van der Waals surface area contributed by atoms with Crippen LogP contribution in [-0.2, 0) is 10.9 Å². The van der Waals surface area contributed by atoms with Gasteiger partial charge in [-0.3, -0.25) is 4.79 Å². The molecular weight excluding hydrogens is 373 g/mol. The summed E-state index contributed by atoms with van der Waals surface area (Å²) in [7, 11) is 0. The Morgan fingerprint density at radius 2 is 2.21 bits per heavy atom. The van der Waals surface area contributed by atoms with Crippen molar-refractivity contribution in [1.29, 1.82) is 0 Å². The topological polar surface area (TPSA) is 67.4 Å². The molecular formula is C19H25F3N4O2. The molecule has 3 heterocycles. The van der Waals surface area contributed by atoms with Crippen molar-refractivity contribution in [2.45, 2.75) is 57.7 Å². The van der Waals surface area contributed by atoms with Crippen LogP contribution in [-0.4, -0.2) is 46.5 Å². The number of alkyl halides is 3. The average Bonchev–Trinajstić information content (AvgIpc) is 3.19. The van der Waals surface area contributed by atoms with E-state index in [1.165, 1.54) is 0 Å². The molecule has 1 fully saturated rings. The number of aromatic nitrogens is 2. The Hall–Kier alpha value is -2.32. The number of amides is 1. The molecule has 0 radical (unpaired) electrons. The molecule has 1 aromatic heterocycles. The van der Waals surface area contributed by atoms with Gasteiger partial charge in [0.05, 0.1) is 13.2 Å². The summed E-state index contributed by atoms with van der Waals surface area (Å²) in [5, 5.41) is 2.84. The van der Waals surface area contributed by atoms with Gasteiger partial charge in [0, 0.05) is 25.2 Å². The monoisotopic (exact) mass is 398 g/mol. The van der Waals surface area contributed by atoms with Crippen molar-refractivity contribution in [3.8, 4) is 0 Å². The number of likely N-dealkylation sites (tertiary alicyclic amines) is 1. The Bertz CT molecular complexity index is 734. The van der Waals surface area contributed by atoms with Gasteiger partial charge in [0.1, 0.15) is 17.1 Å². The van der Waals surface area contributed by atoms with Gasteiger partial charge in [0.15, 0.2) is 0 Å². The zero-order valence-electron chi connectivity index (χ0n) is 15.9. The number of hydrogen-bond donors (Lipinski definition) is 1. The second-order valence-electron chi connectivity index (χ2n) is 7.05. The lowest BCUT2D eigenvalue weighted by Crippen LogP contribution is -2.44. The van der Waals surface area contributed by atoms with Gasteiger partial charge in [-0.05, 0) is 31.8 Å². The number of carbonyl (C=O) groups is 1. The maximum absolute atomic E-state index is 13.1. The van der Waals surface area contributed by atoms with Crippen LogP contribution < -0.4 is 5.32 Å². The van der Waals surface area contributed by atoms with Crippen molar-refractivity contribution in [3.05, 3.63) is 29.4 Å². The lowest BCUT2D eigenvalue weighted by molar-refractivity contribution is -0.144. The normalized spacial score (nSPS) is 19.9. The lowest BCUT2D eigenvalue weighted by Gasteiger charge is -2.36. The van der Waals surface area contributed by atoms with Crippen LogP contribution in [0.2, 0.25) is 0 Å². The summed E-state index contributed by atoms with van der Waals surface area (Å²) in [4.78, 5) is 21.9. The summed E-state index contributed by atoms with van der Waals surface area (Å²) in [6.07, 6.45) is 3.58. The molecule has 2 aliphatic rings. The van der Waals surface area contributed by atoms with E-state index in [0.29, 0.717) is 18.9 Å². The van der Waals surface area contributed by atoms with Gasteiger partial charge in [-0.15, -0.1) is 0 Å². The summed E-state index contributed by atoms with van der Waals surface area (Å²) in [5.74, 6) is -1.07. The van der Waals surface area contributed by atoms with Gasteiger partial charge in [-0.1, -0.05) is 13.3 Å². The van der Waals surface area contributed by atoms with Crippen LogP contribution in [0.1, 0.15) is 61.6 Å². The van der Waals surface area contributed by atoms with Gasteiger partial charge in [0.25, 0.3) is 5.91 Å². The van der Waals surface area contributed by atoms with Crippen molar-refractivity contribution >= 4 is 11.7 Å². The molecule has 3 rings (SSSR count). The fourth-order valence-corrected chi connectivity index (χ4v) is 3.63. The largest absolute Gasteiger partial charge is 0.496 e. The fourth-order valence-electron chi connectivity index (χ4n) is 3.63. The van der Waals surface area contributed by atoms with E-state index in [-0.39, 0.29) is 29.9 Å². The molecule has 1 unspecified atom stereocenters. The van der Waals surface area contributed by atoms with Gasteiger partial charge < -0.3 is 15.0 Å². The molecule has 1 amide bonds. The molecule has 0 aliphatic carbocycles. The average molecular weight is 398 g/mol. The summed E-state index contributed by atoms with van der Waals surface area (Å²) < 4.78 is 44.6. The molecule has 9 heteroatoms. The molecule has 0 saturated carbocycles. The molecule has 1 atom stereocenters. The first-order valence-corrected chi connectivity index (χ1v) is 9.71. The van der Waals surface area contributed by atoms with Crippen LogP contribution in [0.3, 0.4) is 0 Å². The van der Waals surface area contributed by atoms with Gasteiger partial charge >= 0.3 is 6.18 Å². The first kappa shape index (κ1) is 20.4. The molecule has 0 aromatic carbocycles. The molecule has 28 heavy (non-hydrogen) atoms. The molecule has 0 spiro atoms. The molecule has 154 valence electrons.